The van der Waals surface area contributed by atoms with Crippen LogP contribution >= 0.6 is 0 Å². The summed E-state index contributed by atoms with van der Waals surface area (Å²) in [6, 6.07) is 10.6. The second-order valence-corrected chi connectivity index (χ2v) is 8.78. The average molecular weight is 407 g/mol. The average Bonchev–Trinajstić information content (AvgIpc) is 3.19. The molecule has 0 spiro atoms. The fourth-order valence-corrected chi connectivity index (χ4v) is 3.16. The van der Waals surface area contributed by atoms with E-state index in [4.69, 9.17) is 4.42 Å². The lowest BCUT2D eigenvalue weighted by Crippen LogP contribution is -2.42. The van der Waals surface area contributed by atoms with E-state index in [1.807, 2.05) is 31.2 Å². The molecule has 2 aromatic rings. The van der Waals surface area contributed by atoms with Gasteiger partial charge in [0.2, 0.25) is 0 Å². The van der Waals surface area contributed by atoms with E-state index >= 15 is 0 Å². The molecular weight excluding hydrogens is 380 g/mol. The van der Waals surface area contributed by atoms with Gasteiger partial charge in [-0.25, -0.2) is 8.42 Å². The number of aliphatic imine (C=N–C) groups is 1. The summed E-state index contributed by atoms with van der Waals surface area (Å²) in [6.07, 6.45) is 3.18. The number of carbonyl (C=O) groups excluding carboxylic acids is 1. The summed E-state index contributed by atoms with van der Waals surface area (Å²) >= 11 is 0. The third-order valence-corrected chi connectivity index (χ3v) is 4.92. The number of furan rings is 1. The first-order chi connectivity index (χ1) is 13.3. The van der Waals surface area contributed by atoms with Gasteiger partial charge in [0.25, 0.3) is 5.91 Å². The van der Waals surface area contributed by atoms with Crippen molar-refractivity contribution in [1.29, 1.82) is 0 Å². The molecule has 0 saturated carbocycles. The molecule has 8 nitrogen and oxygen atoms in total. The van der Waals surface area contributed by atoms with Gasteiger partial charge in [0, 0.05) is 31.6 Å². The van der Waals surface area contributed by atoms with E-state index in [0.717, 1.165) is 5.56 Å². The Hall–Kier alpha value is -2.81. The largest absolute Gasteiger partial charge is 0.459 e. The maximum atomic E-state index is 12.0. The van der Waals surface area contributed by atoms with Gasteiger partial charge in [-0.05, 0) is 43.2 Å². The van der Waals surface area contributed by atoms with Crippen LogP contribution in [0, 0.1) is 0 Å². The fraction of sp³-hybridized carbons (Fsp3) is 0.368. The molecule has 0 bridgehead atoms. The summed E-state index contributed by atoms with van der Waals surface area (Å²) in [5.41, 5.74) is 1.67. The van der Waals surface area contributed by atoms with Crippen molar-refractivity contribution in [3.05, 3.63) is 54.0 Å². The van der Waals surface area contributed by atoms with E-state index in [0.29, 0.717) is 24.6 Å². The van der Waals surface area contributed by atoms with Crippen molar-refractivity contribution in [3.8, 4) is 0 Å². The number of nitrogens with zero attached hydrogens (tertiary/aromatic N) is 1. The second kappa shape index (κ2) is 9.93. The number of guanidine groups is 1. The highest BCUT2D eigenvalue weighted by molar-refractivity contribution is 7.90. The van der Waals surface area contributed by atoms with Crippen molar-refractivity contribution in [2.75, 3.05) is 24.4 Å². The van der Waals surface area contributed by atoms with Crippen molar-refractivity contribution in [1.82, 2.24) is 10.6 Å². The molecule has 152 valence electrons. The van der Waals surface area contributed by atoms with Gasteiger partial charge in [-0.1, -0.05) is 12.1 Å². The molecule has 0 aliphatic heterocycles. The fourth-order valence-electron chi connectivity index (χ4n) is 2.38. The lowest BCUT2D eigenvalue weighted by molar-refractivity contribution is 0.0996. The van der Waals surface area contributed by atoms with Crippen LogP contribution in [-0.2, 0) is 16.4 Å². The molecule has 1 atom stereocenters. The molecule has 1 aromatic heterocycles. The number of sulfone groups is 1. The number of amides is 1. The standard InChI is InChI=1S/C19H26N4O4S/c1-14(10-12-28(3,25)26)22-19(20-2)21-13-15-6-8-16(9-7-15)23-18(24)17-5-4-11-27-17/h4-9,11,14H,10,12-13H2,1-3H3,(H,23,24)(H2,20,21,22). The van der Waals surface area contributed by atoms with Gasteiger partial charge in [-0.15, -0.1) is 0 Å². The van der Waals surface area contributed by atoms with Crippen molar-refractivity contribution >= 4 is 27.4 Å². The van der Waals surface area contributed by atoms with Crippen LogP contribution in [0.1, 0.15) is 29.5 Å². The molecule has 0 saturated heterocycles. The number of hydrogen-bond acceptors (Lipinski definition) is 5. The topological polar surface area (TPSA) is 113 Å². The predicted molar refractivity (Wildman–Crippen MR) is 110 cm³/mol. The summed E-state index contributed by atoms with van der Waals surface area (Å²) in [5.74, 6) is 0.675. The Morgan fingerprint density at radius 1 is 1.21 bits per heavy atom. The first kappa shape index (κ1) is 21.5. The highest BCUT2D eigenvalue weighted by Crippen LogP contribution is 2.11. The van der Waals surface area contributed by atoms with Crippen LogP contribution in [0.15, 0.2) is 52.1 Å². The van der Waals surface area contributed by atoms with E-state index in [-0.39, 0.29) is 23.5 Å². The number of rotatable bonds is 8. The molecule has 1 amide bonds. The lowest BCUT2D eigenvalue weighted by atomic mass is 10.2. The van der Waals surface area contributed by atoms with E-state index < -0.39 is 9.84 Å². The Morgan fingerprint density at radius 2 is 1.93 bits per heavy atom. The smallest absolute Gasteiger partial charge is 0.291 e. The van der Waals surface area contributed by atoms with Crippen LogP contribution in [0.25, 0.3) is 0 Å². The number of anilines is 1. The number of benzene rings is 1. The predicted octanol–water partition coefficient (Wildman–Crippen LogP) is 2.02. The maximum absolute atomic E-state index is 12.0. The molecule has 3 N–H and O–H groups in total. The third kappa shape index (κ3) is 7.43. The molecule has 0 aliphatic rings. The van der Waals surface area contributed by atoms with Crippen molar-refractivity contribution in [2.24, 2.45) is 4.99 Å². The van der Waals surface area contributed by atoms with E-state index in [1.54, 1.807) is 19.2 Å². The van der Waals surface area contributed by atoms with Crippen molar-refractivity contribution in [2.45, 2.75) is 25.9 Å². The molecule has 1 unspecified atom stereocenters. The molecule has 1 heterocycles. The minimum atomic E-state index is -2.98. The quantitative estimate of drug-likeness (QED) is 0.457. The normalized spacial score (nSPS) is 13.0. The number of hydrogen-bond donors (Lipinski definition) is 3. The monoisotopic (exact) mass is 406 g/mol. The summed E-state index contributed by atoms with van der Waals surface area (Å²) in [6.45, 7) is 2.44. The van der Waals surface area contributed by atoms with Crippen LogP contribution in [0.3, 0.4) is 0 Å². The van der Waals surface area contributed by atoms with Gasteiger partial charge >= 0.3 is 0 Å². The number of nitrogens with one attached hydrogen (secondary N) is 3. The summed E-state index contributed by atoms with van der Waals surface area (Å²) in [4.78, 5) is 16.1. The van der Waals surface area contributed by atoms with Crippen LogP contribution in [0.4, 0.5) is 5.69 Å². The SMILES string of the molecule is CN=C(NCc1ccc(NC(=O)c2ccco2)cc1)NC(C)CCS(C)(=O)=O. The minimum Gasteiger partial charge on any atom is -0.459 e. The first-order valence-corrected chi connectivity index (χ1v) is 10.9. The highest BCUT2D eigenvalue weighted by atomic mass is 32.2. The van der Waals surface area contributed by atoms with Crippen LogP contribution in [-0.4, -0.2) is 45.4 Å². The molecule has 9 heteroatoms. The second-order valence-electron chi connectivity index (χ2n) is 6.52. The Balaban J connectivity index is 1.81. The van der Waals surface area contributed by atoms with E-state index in [2.05, 4.69) is 20.9 Å². The van der Waals surface area contributed by atoms with Crippen LogP contribution in [0.5, 0.6) is 0 Å². The molecule has 28 heavy (non-hydrogen) atoms. The zero-order chi connectivity index (χ0) is 20.6. The third-order valence-electron chi connectivity index (χ3n) is 3.95. The van der Waals surface area contributed by atoms with Gasteiger partial charge in [-0.3, -0.25) is 9.79 Å². The van der Waals surface area contributed by atoms with Crippen molar-refractivity contribution < 1.29 is 17.6 Å². The Morgan fingerprint density at radius 3 is 2.50 bits per heavy atom. The zero-order valence-corrected chi connectivity index (χ0v) is 17.0. The Bertz CT molecular complexity index is 891. The summed E-state index contributed by atoms with van der Waals surface area (Å²) < 4.78 is 27.6. The Labute approximate surface area is 165 Å². The maximum Gasteiger partial charge on any atom is 0.291 e. The first-order valence-electron chi connectivity index (χ1n) is 8.85. The molecule has 0 fully saturated rings. The molecule has 1 aromatic carbocycles. The molecule has 0 radical (unpaired) electrons. The minimum absolute atomic E-state index is 0.0277. The highest BCUT2D eigenvalue weighted by Gasteiger charge is 2.10. The van der Waals surface area contributed by atoms with Gasteiger partial charge in [-0.2, -0.15) is 0 Å². The summed E-state index contributed by atoms with van der Waals surface area (Å²) in [7, 11) is -1.32. The Kier molecular flexibility index (Phi) is 7.62. The van der Waals surface area contributed by atoms with Gasteiger partial charge in [0.1, 0.15) is 9.84 Å². The number of carbonyl (C=O) groups is 1. The molecule has 0 aliphatic carbocycles. The van der Waals surface area contributed by atoms with E-state index in [9.17, 15) is 13.2 Å². The molecular formula is C19H26N4O4S. The molecule has 2 rings (SSSR count). The van der Waals surface area contributed by atoms with Crippen molar-refractivity contribution in [3.63, 3.8) is 0 Å². The van der Waals surface area contributed by atoms with Gasteiger partial charge < -0.3 is 20.4 Å². The van der Waals surface area contributed by atoms with Gasteiger partial charge in [0.05, 0.1) is 12.0 Å². The van der Waals surface area contributed by atoms with E-state index in [1.165, 1.54) is 12.5 Å². The lowest BCUT2D eigenvalue weighted by Gasteiger charge is -2.17. The van der Waals surface area contributed by atoms with Gasteiger partial charge in [0.15, 0.2) is 11.7 Å². The van der Waals surface area contributed by atoms with Crippen LogP contribution in [0.2, 0.25) is 0 Å². The summed E-state index contributed by atoms with van der Waals surface area (Å²) in [5, 5.41) is 9.11. The van der Waals surface area contributed by atoms with Crippen LogP contribution < -0.4 is 16.0 Å². The zero-order valence-electron chi connectivity index (χ0n) is 16.2.